The van der Waals surface area contributed by atoms with E-state index in [-0.39, 0.29) is 11.3 Å². The summed E-state index contributed by atoms with van der Waals surface area (Å²) < 4.78 is 56.0. The van der Waals surface area contributed by atoms with Gasteiger partial charge in [0.1, 0.15) is 5.82 Å². The van der Waals surface area contributed by atoms with Crippen LogP contribution in [0.25, 0.3) is 0 Å². The van der Waals surface area contributed by atoms with Gasteiger partial charge in [-0.1, -0.05) is 0 Å². The number of esters is 1. The van der Waals surface area contributed by atoms with Crippen molar-refractivity contribution in [3.63, 3.8) is 0 Å². The summed E-state index contributed by atoms with van der Waals surface area (Å²) in [5.41, 5.74) is -0.0677. The van der Waals surface area contributed by atoms with Crippen LogP contribution in [0.1, 0.15) is 21.5 Å². The molecule has 0 spiro atoms. The Morgan fingerprint density at radius 3 is 2.30 bits per heavy atom. The van der Waals surface area contributed by atoms with Gasteiger partial charge in [-0.15, -0.1) is 0 Å². The van der Waals surface area contributed by atoms with E-state index in [9.17, 15) is 22.4 Å². The second-order valence-corrected chi connectivity index (χ2v) is 4.83. The monoisotopic (exact) mass is 327 g/mol. The number of rotatable bonds is 3. The summed E-state index contributed by atoms with van der Waals surface area (Å²) in [5.74, 6) is -1.34. The minimum Gasteiger partial charge on any atom is -0.465 e. The van der Waals surface area contributed by atoms with Gasteiger partial charge in [-0.25, -0.2) is 9.18 Å². The van der Waals surface area contributed by atoms with Crippen LogP contribution >= 0.6 is 0 Å². The second kappa shape index (κ2) is 6.28. The fourth-order valence-electron chi connectivity index (χ4n) is 2.02. The molecular formula is C16H13F4NO2. The average molecular weight is 327 g/mol. The Kier molecular flexibility index (Phi) is 4.58. The molecule has 0 unspecified atom stereocenters. The molecule has 0 aromatic heterocycles. The van der Waals surface area contributed by atoms with Crippen LogP contribution in [0.4, 0.5) is 28.9 Å². The van der Waals surface area contributed by atoms with Gasteiger partial charge in [0, 0.05) is 5.69 Å². The number of carbonyl (C=O) groups excluding carboxylic acids is 1. The molecule has 0 aliphatic heterocycles. The molecular weight excluding hydrogens is 314 g/mol. The van der Waals surface area contributed by atoms with E-state index in [1.54, 1.807) is 6.92 Å². The summed E-state index contributed by atoms with van der Waals surface area (Å²) in [6.07, 6.45) is -4.58. The number of aryl methyl sites for hydroxylation is 1. The molecule has 7 heteroatoms. The lowest BCUT2D eigenvalue weighted by atomic mass is 10.1. The van der Waals surface area contributed by atoms with E-state index >= 15 is 0 Å². The van der Waals surface area contributed by atoms with Crippen molar-refractivity contribution in [2.75, 3.05) is 12.4 Å². The molecule has 2 aromatic carbocycles. The Balaban J connectivity index is 2.47. The first-order valence-electron chi connectivity index (χ1n) is 6.55. The highest BCUT2D eigenvalue weighted by Crippen LogP contribution is 2.33. The van der Waals surface area contributed by atoms with E-state index < -0.39 is 23.5 Å². The first-order chi connectivity index (χ1) is 10.7. The molecule has 0 saturated heterocycles. The van der Waals surface area contributed by atoms with E-state index in [4.69, 9.17) is 0 Å². The van der Waals surface area contributed by atoms with Crippen LogP contribution < -0.4 is 5.32 Å². The molecule has 0 radical (unpaired) electrons. The van der Waals surface area contributed by atoms with Crippen LogP contribution in [0.5, 0.6) is 0 Å². The third kappa shape index (κ3) is 3.80. The lowest BCUT2D eigenvalue weighted by molar-refractivity contribution is -0.137. The predicted molar refractivity (Wildman–Crippen MR) is 77.2 cm³/mol. The molecule has 23 heavy (non-hydrogen) atoms. The number of benzene rings is 2. The molecule has 0 amide bonds. The van der Waals surface area contributed by atoms with Crippen molar-refractivity contribution in [3.05, 3.63) is 58.9 Å². The van der Waals surface area contributed by atoms with Crippen molar-refractivity contribution in [2.24, 2.45) is 0 Å². The number of hydrogen-bond acceptors (Lipinski definition) is 3. The third-order valence-corrected chi connectivity index (χ3v) is 3.21. The van der Waals surface area contributed by atoms with Gasteiger partial charge in [-0.05, 0) is 48.9 Å². The van der Waals surface area contributed by atoms with Crippen LogP contribution in [0.15, 0.2) is 36.4 Å². The highest BCUT2D eigenvalue weighted by atomic mass is 19.4. The van der Waals surface area contributed by atoms with Crippen molar-refractivity contribution in [2.45, 2.75) is 13.1 Å². The van der Waals surface area contributed by atoms with E-state index in [1.165, 1.54) is 18.2 Å². The topological polar surface area (TPSA) is 38.3 Å². The standard InChI is InChI=1S/C16H13F4NO2/c1-9-7-11(17)4-6-13(9)21-14-5-3-10(16(18,19)20)8-12(14)15(22)23-2/h3-8,21H,1-2H3. The van der Waals surface area contributed by atoms with E-state index in [2.05, 4.69) is 10.1 Å². The molecule has 0 atom stereocenters. The Morgan fingerprint density at radius 1 is 1.09 bits per heavy atom. The van der Waals surface area contributed by atoms with Crippen molar-refractivity contribution in [3.8, 4) is 0 Å². The largest absolute Gasteiger partial charge is 0.465 e. The first-order valence-corrected chi connectivity index (χ1v) is 6.55. The Hall–Kier alpha value is -2.57. The maximum absolute atomic E-state index is 13.1. The zero-order valence-corrected chi connectivity index (χ0v) is 12.3. The van der Waals surface area contributed by atoms with Crippen molar-refractivity contribution < 1.29 is 27.1 Å². The van der Waals surface area contributed by atoms with Crippen molar-refractivity contribution in [1.82, 2.24) is 0 Å². The summed E-state index contributed by atoms with van der Waals surface area (Å²) in [4.78, 5) is 11.8. The Labute approximate surface area is 129 Å². The van der Waals surface area contributed by atoms with Gasteiger partial charge >= 0.3 is 12.1 Å². The number of ether oxygens (including phenoxy) is 1. The number of carbonyl (C=O) groups is 1. The molecule has 0 saturated carbocycles. The fraction of sp³-hybridized carbons (Fsp3) is 0.188. The predicted octanol–water partition coefficient (Wildman–Crippen LogP) is 4.68. The normalized spacial score (nSPS) is 11.2. The van der Waals surface area contributed by atoms with Gasteiger partial charge in [0.15, 0.2) is 0 Å². The van der Waals surface area contributed by atoms with Crippen LogP contribution in [0, 0.1) is 12.7 Å². The molecule has 0 fully saturated rings. The van der Waals surface area contributed by atoms with Crippen molar-refractivity contribution in [1.29, 1.82) is 0 Å². The quantitative estimate of drug-likeness (QED) is 0.657. The van der Waals surface area contributed by atoms with Gasteiger partial charge in [0.25, 0.3) is 0 Å². The number of halogens is 4. The number of methoxy groups -OCH3 is 1. The lowest BCUT2D eigenvalue weighted by Gasteiger charge is -2.15. The highest BCUT2D eigenvalue weighted by Gasteiger charge is 2.32. The van der Waals surface area contributed by atoms with Crippen LogP contribution in [-0.4, -0.2) is 13.1 Å². The molecule has 2 aromatic rings. The molecule has 3 nitrogen and oxygen atoms in total. The highest BCUT2D eigenvalue weighted by molar-refractivity contribution is 5.96. The molecule has 0 heterocycles. The van der Waals surface area contributed by atoms with Crippen LogP contribution in [0.2, 0.25) is 0 Å². The summed E-state index contributed by atoms with van der Waals surface area (Å²) >= 11 is 0. The fourth-order valence-corrected chi connectivity index (χ4v) is 2.02. The molecule has 0 aliphatic carbocycles. The van der Waals surface area contributed by atoms with Gasteiger partial charge in [-0.2, -0.15) is 13.2 Å². The lowest BCUT2D eigenvalue weighted by Crippen LogP contribution is -2.11. The Morgan fingerprint density at radius 2 is 1.74 bits per heavy atom. The summed E-state index contributed by atoms with van der Waals surface area (Å²) in [7, 11) is 1.08. The molecule has 122 valence electrons. The van der Waals surface area contributed by atoms with Gasteiger partial charge in [0.05, 0.1) is 23.9 Å². The zero-order chi connectivity index (χ0) is 17.2. The van der Waals surface area contributed by atoms with Gasteiger partial charge in [0.2, 0.25) is 0 Å². The Bertz CT molecular complexity index is 741. The zero-order valence-electron chi connectivity index (χ0n) is 12.3. The van der Waals surface area contributed by atoms with Crippen LogP contribution in [0.3, 0.4) is 0 Å². The third-order valence-electron chi connectivity index (χ3n) is 3.21. The minimum atomic E-state index is -4.58. The molecule has 0 bridgehead atoms. The SMILES string of the molecule is COC(=O)c1cc(C(F)(F)F)ccc1Nc1ccc(F)cc1C. The van der Waals surface area contributed by atoms with E-state index in [1.807, 2.05) is 0 Å². The van der Waals surface area contributed by atoms with Crippen LogP contribution in [-0.2, 0) is 10.9 Å². The molecule has 1 N–H and O–H groups in total. The molecule has 0 aliphatic rings. The maximum Gasteiger partial charge on any atom is 0.416 e. The summed E-state index contributed by atoms with van der Waals surface area (Å²) in [6, 6.07) is 6.61. The minimum absolute atomic E-state index is 0.138. The second-order valence-electron chi connectivity index (χ2n) is 4.83. The van der Waals surface area contributed by atoms with E-state index in [0.29, 0.717) is 17.3 Å². The average Bonchev–Trinajstić information content (AvgIpc) is 2.48. The number of nitrogens with one attached hydrogen (secondary N) is 1. The van der Waals surface area contributed by atoms with Crippen molar-refractivity contribution >= 4 is 17.3 Å². The smallest absolute Gasteiger partial charge is 0.416 e. The number of hydrogen-bond donors (Lipinski definition) is 1. The first kappa shape index (κ1) is 16.8. The number of anilines is 2. The van der Waals surface area contributed by atoms with Gasteiger partial charge < -0.3 is 10.1 Å². The molecule has 2 rings (SSSR count). The van der Waals surface area contributed by atoms with E-state index in [0.717, 1.165) is 19.2 Å². The summed E-state index contributed by atoms with van der Waals surface area (Å²) in [5, 5.41) is 2.83. The number of alkyl halides is 3. The maximum atomic E-state index is 13.1. The van der Waals surface area contributed by atoms with Gasteiger partial charge in [-0.3, -0.25) is 0 Å². The summed E-state index contributed by atoms with van der Waals surface area (Å²) in [6.45, 7) is 1.63.